The van der Waals surface area contributed by atoms with Gasteiger partial charge in [0.25, 0.3) is 5.91 Å². The minimum Gasteiger partial charge on any atom is -0.481 e. The van der Waals surface area contributed by atoms with Crippen molar-refractivity contribution >= 4 is 28.2 Å². The van der Waals surface area contributed by atoms with Crippen LogP contribution >= 0.6 is 11.3 Å². The number of benzene rings is 1. The molecule has 6 nitrogen and oxygen atoms in total. The second kappa shape index (κ2) is 5.96. The van der Waals surface area contributed by atoms with E-state index in [-0.39, 0.29) is 24.7 Å². The SMILES string of the molecule is O=C(O)C1CN(C(=O)c2cn3ccsc3n2)CC1c1cccc(F)c1. The summed E-state index contributed by atoms with van der Waals surface area (Å²) in [5.74, 6) is -2.92. The lowest BCUT2D eigenvalue weighted by Crippen LogP contribution is -2.30. The molecule has 1 fully saturated rings. The van der Waals surface area contributed by atoms with Crippen molar-refractivity contribution in [2.45, 2.75) is 5.92 Å². The predicted octanol–water partition coefficient (Wildman–Crippen LogP) is 2.48. The van der Waals surface area contributed by atoms with E-state index in [0.29, 0.717) is 10.5 Å². The first-order valence-corrected chi connectivity index (χ1v) is 8.60. The maximum atomic E-state index is 13.5. The Morgan fingerprint density at radius 1 is 1.32 bits per heavy atom. The number of carbonyl (C=O) groups is 2. The Morgan fingerprint density at radius 2 is 2.16 bits per heavy atom. The molecule has 128 valence electrons. The topological polar surface area (TPSA) is 74.9 Å². The molecule has 3 aromatic rings. The van der Waals surface area contributed by atoms with Crippen LogP contribution in [0.3, 0.4) is 0 Å². The summed E-state index contributed by atoms with van der Waals surface area (Å²) in [5.41, 5.74) is 0.879. The number of fused-ring (bicyclic) bond motifs is 1. The molecule has 0 spiro atoms. The fourth-order valence-electron chi connectivity index (χ4n) is 3.29. The third kappa shape index (κ3) is 2.78. The number of carboxylic acid groups (broad SMARTS) is 1. The summed E-state index contributed by atoms with van der Waals surface area (Å²) >= 11 is 1.42. The lowest BCUT2D eigenvalue weighted by atomic mass is 9.89. The minimum atomic E-state index is -0.990. The molecule has 0 bridgehead atoms. The number of aliphatic carboxylic acids is 1. The van der Waals surface area contributed by atoms with E-state index in [2.05, 4.69) is 4.98 Å². The van der Waals surface area contributed by atoms with Gasteiger partial charge in [0.05, 0.1) is 5.92 Å². The van der Waals surface area contributed by atoms with Gasteiger partial charge in [-0.2, -0.15) is 0 Å². The minimum absolute atomic E-state index is 0.0839. The molecule has 8 heteroatoms. The molecule has 1 aliphatic heterocycles. The normalized spacial score (nSPS) is 20.3. The molecular weight excluding hydrogens is 345 g/mol. The van der Waals surface area contributed by atoms with Crippen LogP contribution in [0.2, 0.25) is 0 Å². The van der Waals surface area contributed by atoms with Crippen molar-refractivity contribution in [1.82, 2.24) is 14.3 Å². The Morgan fingerprint density at radius 3 is 2.88 bits per heavy atom. The van der Waals surface area contributed by atoms with Gasteiger partial charge in [-0.3, -0.25) is 14.0 Å². The number of thiazole rings is 1. The number of halogens is 1. The number of nitrogens with zero attached hydrogens (tertiary/aromatic N) is 3. The zero-order chi connectivity index (χ0) is 17.6. The second-order valence-corrected chi connectivity index (χ2v) is 6.91. The van der Waals surface area contributed by atoms with E-state index in [9.17, 15) is 19.1 Å². The van der Waals surface area contributed by atoms with E-state index in [1.807, 2.05) is 11.6 Å². The van der Waals surface area contributed by atoms with E-state index in [4.69, 9.17) is 0 Å². The van der Waals surface area contributed by atoms with Gasteiger partial charge in [-0.25, -0.2) is 9.37 Å². The molecule has 1 amide bonds. The molecule has 0 radical (unpaired) electrons. The van der Waals surface area contributed by atoms with Crippen LogP contribution in [0.25, 0.3) is 4.96 Å². The molecule has 2 aromatic heterocycles. The molecule has 25 heavy (non-hydrogen) atoms. The number of carbonyl (C=O) groups excluding carboxylic acids is 1. The molecule has 0 saturated carbocycles. The van der Waals surface area contributed by atoms with Crippen molar-refractivity contribution in [3.8, 4) is 0 Å². The summed E-state index contributed by atoms with van der Waals surface area (Å²) in [6.07, 6.45) is 3.45. The number of hydrogen-bond acceptors (Lipinski definition) is 4. The van der Waals surface area contributed by atoms with Gasteiger partial charge in [-0.1, -0.05) is 12.1 Å². The van der Waals surface area contributed by atoms with Crippen molar-refractivity contribution in [1.29, 1.82) is 0 Å². The number of carboxylic acids is 1. The van der Waals surface area contributed by atoms with Crippen LogP contribution in [0.1, 0.15) is 22.0 Å². The van der Waals surface area contributed by atoms with Crippen LogP contribution in [0.5, 0.6) is 0 Å². The Bertz CT molecular complexity index is 938. The van der Waals surface area contributed by atoms with Gasteiger partial charge in [-0.05, 0) is 17.7 Å². The van der Waals surface area contributed by atoms with Crippen molar-refractivity contribution in [3.05, 3.63) is 59.1 Å². The Balaban J connectivity index is 1.62. The fraction of sp³-hybridized carbons (Fsp3) is 0.235. The van der Waals surface area contributed by atoms with Crippen LogP contribution in [0.15, 0.2) is 42.0 Å². The Hall–Kier alpha value is -2.74. The average molecular weight is 359 g/mol. The maximum absolute atomic E-state index is 13.5. The molecule has 4 rings (SSSR count). The summed E-state index contributed by atoms with van der Waals surface area (Å²) in [6, 6.07) is 5.90. The van der Waals surface area contributed by atoms with E-state index in [0.717, 1.165) is 0 Å². The Kier molecular flexibility index (Phi) is 3.76. The molecule has 2 atom stereocenters. The number of likely N-dealkylation sites (tertiary alicyclic amines) is 1. The van der Waals surface area contributed by atoms with Crippen LogP contribution in [0.4, 0.5) is 4.39 Å². The number of hydrogen-bond donors (Lipinski definition) is 1. The highest BCUT2D eigenvalue weighted by molar-refractivity contribution is 7.15. The third-order valence-electron chi connectivity index (χ3n) is 4.51. The van der Waals surface area contributed by atoms with E-state index >= 15 is 0 Å². The fourth-order valence-corrected chi connectivity index (χ4v) is 3.99. The van der Waals surface area contributed by atoms with E-state index < -0.39 is 23.6 Å². The second-order valence-electron chi connectivity index (χ2n) is 6.04. The van der Waals surface area contributed by atoms with Crippen molar-refractivity contribution in [3.63, 3.8) is 0 Å². The molecule has 1 saturated heterocycles. The Labute approximate surface area is 146 Å². The van der Waals surface area contributed by atoms with Crippen LogP contribution in [-0.4, -0.2) is 44.4 Å². The summed E-state index contributed by atoms with van der Waals surface area (Å²) in [5, 5.41) is 11.4. The molecule has 1 aromatic carbocycles. The molecule has 2 unspecified atom stereocenters. The van der Waals surface area contributed by atoms with Gasteiger partial charge in [0.2, 0.25) is 0 Å². The van der Waals surface area contributed by atoms with Crippen LogP contribution < -0.4 is 0 Å². The maximum Gasteiger partial charge on any atom is 0.308 e. The average Bonchev–Trinajstić information content (AvgIpc) is 3.28. The lowest BCUT2D eigenvalue weighted by Gasteiger charge is -2.15. The van der Waals surface area contributed by atoms with Gasteiger partial charge in [0, 0.05) is 36.8 Å². The van der Waals surface area contributed by atoms with Gasteiger partial charge in [-0.15, -0.1) is 11.3 Å². The standard InChI is InChI=1S/C17H14FN3O3S/c18-11-3-1-2-10(6-11)12-7-21(8-13(12)16(23)24)15(22)14-9-20-4-5-25-17(20)19-14/h1-6,9,12-13H,7-8H2,(H,23,24). The third-order valence-corrected chi connectivity index (χ3v) is 5.28. The van der Waals surface area contributed by atoms with Crippen molar-refractivity contribution < 1.29 is 19.1 Å². The van der Waals surface area contributed by atoms with E-state index in [1.54, 1.807) is 22.7 Å². The van der Waals surface area contributed by atoms with Gasteiger partial charge >= 0.3 is 5.97 Å². The monoisotopic (exact) mass is 359 g/mol. The van der Waals surface area contributed by atoms with Crippen LogP contribution in [-0.2, 0) is 4.79 Å². The zero-order valence-corrected chi connectivity index (χ0v) is 13.8. The number of rotatable bonds is 3. The molecule has 0 aliphatic carbocycles. The zero-order valence-electron chi connectivity index (χ0n) is 13.0. The molecule has 1 aliphatic rings. The van der Waals surface area contributed by atoms with Gasteiger partial charge in [0.15, 0.2) is 4.96 Å². The predicted molar refractivity (Wildman–Crippen MR) is 89.2 cm³/mol. The van der Waals surface area contributed by atoms with Gasteiger partial charge in [0.1, 0.15) is 11.5 Å². The van der Waals surface area contributed by atoms with Crippen molar-refractivity contribution in [2.75, 3.05) is 13.1 Å². The first kappa shape index (κ1) is 15.8. The first-order valence-electron chi connectivity index (χ1n) is 7.72. The highest BCUT2D eigenvalue weighted by Crippen LogP contribution is 2.34. The summed E-state index contributed by atoms with van der Waals surface area (Å²) in [4.78, 5) is 30.8. The number of amides is 1. The lowest BCUT2D eigenvalue weighted by molar-refractivity contribution is -0.141. The smallest absolute Gasteiger partial charge is 0.308 e. The summed E-state index contributed by atoms with van der Waals surface area (Å²) in [7, 11) is 0. The van der Waals surface area contributed by atoms with E-state index in [1.165, 1.54) is 28.4 Å². The van der Waals surface area contributed by atoms with Crippen LogP contribution in [0, 0.1) is 11.7 Å². The number of imidazole rings is 1. The van der Waals surface area contributed by atoms with Gasteiger partial charge < -0.3 is 10.0 Å². The summed E-state index contributed by atoms with van der Waals surface area (Å²) < 4.78 is 15.3. The molecular formula is C17H14FN3O3S. The quantitative estimate of drug-likeness (QED) is 0.780. The first-order chi connectivity index (χ1) is 12.0. The molecule has 3 heterocycles. The summed E-state index contributed by atoms with van der Waals surface area (Å²) in [6.45, 7) is 0.310. The van der Waals surface area contributed by atoms with Crippen molar-refractivity contribution in [2.24, 2.45) is 5.92 Å². The highest BCUT2D eigenvalue weighted by Gasteiger charge is 2.41. The largest absolute Gasteiger partial charge is 0.481 e. The number of aromatic nitrogens is 2. The molecule has 1 N–H and O–H groups in total. The highest BCUT2D eigenvalue weighted by atomic mass is 32.1.